The Morgan fingerprint density at radius 3 is 1.34 bits per heavy atom. The molecule has 3 heterocycles. The van der Waals surface area contributed by atoms with Gasteiger partial charge in [-0.25, -0.2) is 4.79 Å². The van der Waals surface area contributed by atoms with Crippen LogP contribution in [0.3, 0.4) is 0 Å². The number of nitrogens with two attached hydrogens (primary N) is 3. The Morgan fingerprint density at radius 1 is 0.431 bits per heavy atom. The standard InChI is InChI=1S/C93H142N22O28S/c1-47(2)33-60(82(131)106-64(38-53-40-97-56-22-14-13-21-54(53)56)86(135)101-57(23-15-16-30-94)79(128)104-61(34-48(3)4)83(132)110-66(93(142)143)36-50(7)8)105-87(136)65(39-76(125)126)107-89(138)68(45-117)112-85(134)63(37-52-19-11-10-12-20-52)109-91(140)77(51(9)118)113-81(130)59(27-29-75(123)124)102-80(129)58(26-28-71(96)119)103-88(137)67(44-116)111-84(133)62(35-49(5)6)108-90(139)69-24-17-32-115(69)92(141)70-25-18-31-114(70)74(122)43-99-72(120)41-98-73(121)42-100-78(127)55(95)46-144/h10-14,19-22,40,47-51,55,57-70,77,97,116-118,144H,15-18,23-39,41-46,94-95H2,1-9H3,(H2,96,119)(H,98,121)(H,99,120)(H,100,127)(H,101,135)(H,102,129)(H,103,137)(H,104,128)(H,105,136)(H,106,131)(H,107,138)(H,108,139)(H,109,140)(H,110,132)(H,111,133)(H,112,134)(H,113,130)(H,123,124)(H,125,126)(H,142,143)/t51-,55+,57+,58+,59+,60+,61+,62+,63+,64+,65+,66+,67+,68+,69+,70+,77+/m1/s1. The molecule has 144 heavy (non-hydrogen) atoms. The molecule has 0 unspecified atom stereocenters. The van der Waals surface area contributed by atoms with Crippen molar-refractivity contribution in [2.75, 3.05) is 58.2 Å². The lowest BCUT2D eigenvalue weighted by Crippen LogP contribution is -2.63. The number of carbonyl (C=O) groups excluding carboxylic acids is 19. The Balaban J connectivity index is 1.33. The Morgan fingerprint density at radius 2 is 0.840 bits per heavy atom. The molecule has 2 aliphatic heterocycles. The lowest BCUT2D eigenvalue weighted by molar-refractivity contribution is -0.147. The number of primary amides is 1. The topological polar surface area (TPSA) is 790 Å². The van der Waals surface area contributed by atoms with E-state index in [-0.39, 0.29) is 101 Å². The Bertz CT molecular complexity index is 4950. The number of aliphatic hydroxyl groups excluding tert-OH is 3. The number of nitrogens with one attached hydrogen (secondary N) is 17. The maximum atomic E-state index is 15.0. The monoisotopic (exact) mass is 2050 g/mol. The van der Waals surface area contributed by atoms with Gasteiger partial charge in [-0.05, 0) is 138 Å². The summed E-state index contributed by atoms with van der Waals surface area (Å²) in [6.07, 6.45) is -4.03. The fraction of sp³-hybridized carbons (Fsp3) is 0.613. The van der Waals surface area contributed by atoms with Gasteiger partial charge in [0.05, 0.1) is 51.4 Å². The number of carboxylic acids is 3. The van der Waals surface area contributed by atoms with Crippen molar-refractivity contribution < 1.29 is 136 Å². The number of benzene rings is 2. The third-order valence-electron chi connectivity index (χ3n) is 23.4. The van der Waals surface area contributed by atoms with Crippen molar-refractivity contribution in [1.82, 2.24) is 99.9 Å². The summed E-state index contributed by atoms with van der Waals surface area (Å²) in [7, 11) is 0. The molecule has 51 heteroatoms. The van der Waals surface area contributed by atoms with Gasteiger partial charge in [0.25, 0.3) is 0 Å². The highest BCUT2D eigenvalue weighted by molar-refractivity contribution is 7.80. The SMILES string of the molecule is CC(C)C[C@H](NC(=O)[C@H](CC(C)C)NC(=O)[C@H](CCCCN)NC(=O)[C@H](Cc1c[nH]c2ccccc12)NC(=O)[C@H](CC(C)C)NC(=O)[C@H](CC(=O)O)NC(=O)[C@H](CO)NC(=O)[C@H](Cc1ccccc1)NC(=O)[C@@H](NC(=O)[C@H](CCC(=O)O)NC(=O)[C@H](CCC(N)=O)NC(=O)[C@H](CO)NC(=O)[C@H](CC(C)C)NC(=O)[C@@H]1CCCN1C(=O)[C@@H]1CCCN1C(=O)CNC(=O)CNC(=O)CNC(=O)[C@@H](N)CS)[C@@H](C)O)C(=O)O. The van der Waals surface area contributed by atoms with Gasteiger partial charge < -0.3 is 148 Å². The van der Waals surface area contributed by atoms with Crippen molar-refractivity contribution in [2.24, 2.45) is 40.9 Å². The summed E-state index contributed by atoms with van der Waals surface area (Å²) in [5, 5.41) is 102. The van der Waals surface area contributed by atoms with Crippen LogP contribution >= 0.6 is 12.6 Å². The fourth-order valence-electron chi connectivity index (χ4n) is 15.9. The van der Waals surface area contributed by atoms with Crippen molar-refractivity contribution in [3.8, 4) is 0 Å². The van der Waals surface area contributed by atoms with Gasteiger partial charge in [-0.3, -0.25) is 101 Å². The Hall–Kier alpha value is -13.5. The normalized spacial score (nSPS) is 16.5. The second-order valence-electron chi connectivity index (χ2n) is 37.3. The van der Waals surface area contributed by atoms with Crippen LogP contribution in [0.25, 0.3) is 10.9 Å². The van der Waals surface area contributed by atoms with Crippen molar-refractivity contribution in [3.63, 3.8) is 0 Å². The number of likely N-dealkylation sites (tertiary alicyclic amines) is 2. The first-order valence-electron chi connectivity index (χ1n) is 47.9. The summed E-state index contributed by atoms with van der Waals surface area (Å²) in [5.41, 5.74) is 18.3. The summed E-state index contributed by atoms with van der Waals surface area (Å²) in [4.78, 5) is 307. The summed E-state index contributed by atoms with van der Waals surface area (Å²) >= 11 is 3.92. The number of unbranched alkanes of at least 4 members (excludes halogenated alkanes) is 1. The van der Waals surface area contributed by atoms with E-state index in [0.717, 1.165) is 6.92 Å². The largest absolute Gasteiger partial charge is 0.481 e. The van der Waals surface area contributed by atoms with E-state index in [1.807, 2.05) is 0 Å². The summed E-state index contributed by atoms with van der Waals surface area (Å²) in [5.74, 6) is -25.1. The summed E-state index contributed by atoms with van der Waals surface area (Å²) in [6.45, 7) is 10.9. The van der Waals surface area contributed by atoms with Gasteiger partial charge in [-0.2, -0.15) is 12.6 Å². The van der Waals surface area contributed by atoms with Gasteiger partial charge >= 0.3 is 17.9 Å². The van der Waals surface area contributed by atoms with Gasteiger partial charge in [-0.1, -0.05) is 104 Å². The minimum atomic E-state index is -2.15. The first kappa shape index (κ1) is 121. The quantitative estimate of drug-likeness (QED) is 0.0184. The summed E-state index contributed by atoms with van der Waals surface area (Å²) in [6, 6.07) is -11.5. The molecule has 19 amide bonds. The van der Waals surface area contributed by atoms with E-state index in [1.165, 1.54) is 34.1 Å². The number of amides is 19. The van der Waals surface area contributed by atoms with Crippen molar-refractivity contribution >= 4 is 154 Å². The zero-order chi connectivity index (χ0) is 107. The average molecular weight is 2050 g/mol. The number of aliphatic hydroxyl groups is 3. The van der Waals surface area contributed by atoms with E-state index in [1.54, 1.807) is 91.9 Å². The zero-order valence-corrected chi connectivity index (χ0v) is 83.1. The number of nitrogens with zero attached hydrogens (tertiary/aromatic N) is 2. The van der Waals surface area contributed by atoms with E-state index in [9.17, 15) is 136 Å². The second-order valence-corrected chi connectivity index (χ2v) is 37.6. The lowest BCUT2D eigenvalue weighted by Gasteiger charge is -2.32. The van der Waals surface area contributed by atoms with E-state index < -0.39 is 310 Å². The molecule has 2 aromatic carbocycles. The van der Waals surface area contributed by atoms with Crippen LogP contribution in [0.2, 0.25) is 0 Å². The number of para-hydroxylation sites is 1. The van der Waals surface area contributed by atoms with Crippen LogP contribution in [0.5, 0.6) is 0 Å². The third kappa shape index (κ3) is 40.7. The highest BCUT2D eigenvalue weighted by atomic mass is 32.1. The van der Waals surface area contributed by atoms with E-state index in [0.29, 0.717) is 41.3 Å². The molecule has 0 saturated carbocycles. The molecule has 3 aromatic rings. The number of thiol groups is 1. The van der Waals surface area contributed by atoms with E-state index in [4.69, 9.17) is 17.2 Å². The first-order valence-corrected chi connectivity index (χ1v) is 48.5. The van der Waals surface area contributed by atoms with Gasteiger partial charge in [0.15, 0.2) is 0 Å². The molecule has 0 aliphatic carbocycles. The molecule has 2 saturated heterocycles. The van der Waals surface area contributed by atoms with Crippen LogP contribution in [0.1, 0.15) is 176 Å². The lowest BCUT2D eigenvalue weighted by atomic mass is 9.99. The number of aromatic nitrogens is 1. The molecule has 0 spiro atoms. The van der Waals surface area contributed by atoms with Gasteiger partial charge in [-0.15, -0.1) is 0 Å². The first-order chi connectivity index (χ1) is 68.0. The molecule has 50 nitrogen and oxygen atoms in total. The average Bonchev–Trinajstić information content (AvgIpc) is 1.64. The highest BCUT2D eigenvalue weighted by Crippen LogP contribution is 2.27. The Kier molecular flexibility index (Phi) is 51.1. The van der Waals surface area contributed by atoms with Crippen LogP contribution in [-0.2, 0) is 118 Å². The molecule has 2 fully saturated rings. The number of H-pyrrole nitrogens is 1. The molecule has 2 aliphatic rings. The molecule has 0 bridgehead atoms. The minimum absolute atomic E-state index is 0.0119. The van der Waals surface area contributed by atoms with Crippen LogP contribution < -0.4 is 102 Å². The van der Waals surface area contributed by atoms with Crippen LogP contribution in [0, 0.1) is 23.7 Å². The molecule has 5 rings (SSSR count). The number of aliphatic carboxylic acids is 3. The van der Waals surface area contributed by atoms with Crippen molar-refractivity contribution in [1.29, 1.82) is 0 Å². The molecule has 798 valence electrons. The van der Waals surface area contributed by atoms with Gasteiger partial charge in [0.2, 0.25) is 112 Å². The number of carboxylic acid groups (broad SMARTS) is 3. The van der Waals surface area contributed by atoms with Crippen LogP contribution in [0.4, 0.5) is 0 Å². The van der Waals surface area contributed by atoms with Gasteiger partial charge in [0, 0.05) is 61.6 Å². The number of fused-ring (bicyclic) bond motifs is 1. The predicted octanol–water partition coefficient (Wildman–Crippen LogP) is -6.79. The minimum Gasteiger partial charge on any atom is -0.481 e. The maximum Gasteiger partial charge on any atom is 0.326 e. The van der Waals surface area contributed by atoms with E-state index in [2.05, 4.69) is 103 Å². The Labute approximate surface area is 837 Å². The fourth-order valence-corrected chi connectivity index (χ4v) is 16.1. The predicted molar refractivity (Wildman–Crippen MR) is 519 cm³/mol. The molecular weight excluding hydrogens is 1910 g/mol. The number of aromatic amines is 1. The zero-order valence-electron chi connectivity index (χ0n) is 82.2. The number of hydrogen-bond acceptors (Lipinski definition) is 28. The smallest absolute Gasteiger partial charge is 0.326 e. The molecule has 17 atom stereocenters. The molecule has 0 radical (unpaired) electrons. The molecule has 29 N–H and O–H groups in total. The second kappa shape index (κ2) is 60.8. The van der Waals surface area contributed by atoms with E-state index >= 15 is 0 Å². The number of carbonyl (C=O) groups is 22. The highest BCUT2D eigenvalue weighted by Gasteiger charge is 2.45. The third-order valence-corrected chi connectivity index (χ3v) is 23.8. The maximum absolute atomic E-state index is 15.0. The van der Waals surface area contributed by atoms with Crippen molar-refractivity contribution in [2.45, 2.75) is 281 Å². The number of rotatable bonds is 63. The molecular formula is C93H142N22O28S. The van der Waals surface area contributed by atoms with Gasteiger partial charge in [0.1, 0.15) is 90.6 Å². The van der Waals surface area contributed by atoms with Crippen LogP contribution in [0.15, 0.2) is 60.8 Å². The van der Waals surface area contributed by atoms with Crippen molar-refractivity contribution in [3.05, 3.63) is 71.9 Å². The number of hydrogen-bond donors (Lipinski definition) is 27. The van der Waals surface area contributed by atoms with Crippen LogP contribution in [-0.4, -0.2) is 337 Å². The molecule has 1 aromatic heterocycles. The summed E-state index contributed by atoms with van der Waals surface area (Å²) < 4.78 is 0.